The van der Waals surface area contributed by atoms with E-state index in [1.807, 2.05) is 29.6 Å². The minimum Gasteiger partial charge on any atom is -0.302 e. The third kappa shape index (κ3) is 5.21. The second-order valence-electron chi connectivity index (χ2n) is 4.70. The van der Waals surface area contributed by atoms with Gasteiger partial charge in [-0.3, -0.25) is 8.98 Å². The molecule has 0 unspecified atom stereocenters. The Morgan fingerprint density at radius 2 is 2.18 bits per heavy atom. The molecule has 0 spiro atoms. The van der Waals surface area contributed by atoms with Crippen molar-refractivity contribution in [1.29, 1.82) is 0 Å². The molecule has 2 aromatic rings. The Morgan fingerprint density at radius 1 is 1.41 bits per heavy atom. The molecule has 1 aromatic carbocycles. The van der Waals surface area contributed by atoms with E-state index in [2.05, 4.69) is 10.3 Å². The molecule has 0 atom stereocenters. The summed E-state index contributed by atoms with van der Waals surface area (Å²) in [6.45, 7) is 1.54. The fraction of sp³-hybridized carbons (Fsp3) is 0.286. The molecule has 0 aliphatic rings. The van der Waals surface area contributed by atoms with Crippen LogP contribution >= 0.6 is 11.3 Å². The van der Waals surface area contributed by atoms with Gasteiger partial charge in [0.25, 0.3) is 10.1 Å². The molecule has 1 amide bonds. The van der Waals surface area contributed by atoms with E-state index in [1.54, 1.807) is 0 Å². The van der Waals surface area contributed by atoms with E-state index < -0.39 is 10.1 Å². The van der Waals surface area contributed by atoms with E-state index in [0.29, 0.717) is 11.6 Å². The van der Waals surface area contributed by atoms with Gasteiger partial charge in [-0.15, -0.1) is 11.3 Å². The van der Waals surface area contributed by atoms with Gasteiger partial charge in [0.1, 0.15) is 0 Å². The van der Waals surface area contributed by atoms with Crippen molar-refractivity contribution >= 4 is 32.5 Å². The molecule has 118 valence electrons. The number of nitrogens with zero attached hydrogens (tertiary/aromatic N) is 1. The lowest BCUT2D eigenvalue weighted by molar-refractivity contribution is -0.114. The van der Waals surface area contributed by atoms with Crippen molar-refractivity contribution in [3.8, 4) is 11.3 Å². The lowest BCUT2D eigenvalue weighted by Gasteiger charge is -2.04. The van der Waals surface area contributed by atoms with E-state index in [9.17, 15) is 13.2 Å². The van der Waals surface area contributed by atoms with Crippen LogP contribution in [0.1, 0.15) is 12.5 Å². The Kier molecular flexibility index (Phi) is 5.28. The minimum atomic E-state index is -3.42. The van der Waals surface area contributed by atoms with Gasteiger partial charge in [-0.1, -0.05) is 18.2 Å². The first-order valence-corrected chi connectivity index (χ1v) is 9.20. The average molecular weight is 340 g/mol. The van der Waals surface area contributed by atoms with Gasteiger partial charge >= 0.3 is 0 Å². The molecular weight excluding hydrogens is 324 g/mol. The number of hydrogen-bond acceptors (Lipinski definition) is 6. The number of aromatic nitrogens is 1. The summed E-state index contributed by atoms with van der Waals surface area (Å²) >= 11 is 1.35. The maximum absolute atomic E-state index is 11.0. The standard InChI is InChI=1S/C14H16N2O4S2/c1-10(17)15-14-16-13(9-21-14)12-5-3-4-11(8-12)6-7-20-22(2,18)19/h3-5,8-9H,6-7H2,1-2H3,(H,15,16,17). The molecular formula is C14H16N2O4S2. The normalized spacial score (nSPS) is 11.4. The predicted molar refractivity (Wildman–Crippen MR) is 86.4 cm³/mol. The van der Waals surface area contributed by atoms with E-state index in [1.165, 1.54) is 18.3 Å². The zero-order chi connectivity index (χ0) is 16.2. The van der Waals surface area contributed by atoms with Gasteiger partial charge in [-0.2, -0.15) is 8.42 Å². The average Bonchev–Trinajstić information content (AvgIpc) is 2.85. The summed E-state index contributed by atoms with van der Waals surface area (Å²) in [6, 6.07) is 7.62. The van der Waals surface area contributed by atoms with Crippen LogP contribution in [0, 0.1) is 0 Å². The van der Waals surface area contributed by atoms with Crippen molar-refractivity contribution in [3.05, 3.63) is 35.2 Å². The number of anilines is 1. The monoisotopic (exact) mass is 340 g/mol. The molecule has 6 nitrogen and oxygen atoms in total. The molecule has 1 heterocycles. The topological polar surface area (TPSA) is 85.4 Å². The third-order valence-electron chi connectivity index (χ3n) is 2.70. The van der Waals surface area contributed by atoms with Crippen molar-refractivity contribution in [1.82, 2.24) is 4.98 Å². The summed E-state index contributed by atoms with van der Waals surface area (Å²) in [5.41, 5.74) is 2.62. The van der Waals surface area contributed by atoms with Crippen LogP contribution in [-0.4, -0.2) is 32.2 Å². The zero-order valence-electron chi connectivity index (χ0n) is 12.2. The minimum absolute atomic E-state index is 0.108. The Bertz CT molecular complexity index is 769. The molecule has 1 aromatic heterocycles. The smallest absolute Gasteiger partial charge is 0.264 e. The highest BCUT2D eigenvalue weighted by molar-refractivity contribution is 7.85. The fourth-order valence-corrected chi connectivity index (χ4v) is 2.96. The lowest BCUT2D eigenvalue weighted by atomic mass is 10.1. The molecule has 0 saturated heterocycles. The molecule has 2 rings (SSSR count). The maximum Gasteiger partial charge on any atom is 0.264 e. The summed E-state index contributed by atoms with van der Waals surface area (Å²) in [6.07, 6.45) is 1.52. The van der Waals surface area contributed by atoms with Gasteiger partial charge in [0, 0.05) is 17.9 Å². The van der Waals surface area contributed by atoms with Crippen LogP contribution in [0.2, 0.25) is 0 Å². The van der Waals surface area contributed by atoms with Crippen molar-refractivity contribution < 1.29 is 17.4 Å². The molecule has 0 radical (unpaired) electrons. The number of benzene rings is 1. The first kappa shape index (κ1) is 16.6. The number of carbonyl (C=O) groups excluding carboxylic acids is 1. The first-order valence-electron chi connectivity index (χ1n) is 6.50. The second-order valence-corrected chi connectivity index (χ2v) is 7.20. The number of carbonyl (C=O) groups is 1. The maximum atomic E-state index is 11.0. The zero-order valence-corrected chi connectivity index (χ0v) is 13.8. The largest absolute Gasteiger partial charge is 0.302 e. The van der Waals surface area contributed by atoms with E-state index >= 15 is 0 Å². The third-order valence-corrected chi connectivity index (χ3v) is 4.05. The van der Waals surface area contributed by atoms with Crippen molar-refractivity contribution in [2.24, 2.45) is 0 Å². The van der Waals surface area contributed by atoms with Gasteiger partial charge in [0.2, 0.25) is 5.91 Å². The molecule has 0 fully saturated rings. The fourth-order valence-electron chi connectivity index (χ4n) is 1.81. The van der Waals surface area contributed by atoms with Crippen molar-refractivity contribution in [2.45, 2.75) is 13.3 Å². The lowest BCUT2D eigenvalue weighted by Crippen LogP contribution is -2.06. The molecule has 0 aliphatic carbocycles. The van der Waals surface area contributed by atoms with Gasteiger partial charge < -0.3 is 5.32 Å². The number of amides is 1. The summed E-state index contributed by atoms with van der Waals surface area (Å²) in [7, 11) is -3.42. The Labute approximate surface area is 133 Å². The highest BCUT2D eigenvalue weighted by Crippen LogP contribution is 2.25. The second kappa shape index (κ2) is 6.99. The van der Waals surface area contributed by atoms with E-state index in [0.717, 1.165) is 23.1 Å². The summed E-state index contributed by atoms with van der Waals surface area (Å²) in [4.78, 5) is 15.3. The molecule has 1 N–H and O–H groups in total. The summed E-state index contributed by atoms with van der Waals surface area (Å²) < 4.78 is 26.6. The van der Waals surface area contributed by atoms with Crippen LogP contribution in [0.4, 0.5) is 5.13 Å². The molecule has 8 heteroatoms. The number of hydrogen-bond donors (Lipinski definition) is 1. The first-order chi connectivity index (χ1) is 10.3. The van der Waals surface area contributed by atoms with Crippen molar-refractivity contribution in [3.63, 3.8) is 0 Å². The molecule has 0 bridgehead atoms. The van der Waals surface area contributed by atoms with Crippen LogP contribution in [0.5, 0.6) is 0 Å². The van der Waals surface area contributed by atoms with Crippen LogP contribution in [-0.2, 0) is 25.5 Å². The SMILES string of the molecule is CC(=O)Nc1nc(-c2cccc(CCOS(C)(=O)=O)c2)cs1. The highest BCUT2D eigenvalue weighted by Gasteiger charge is 2.07. The Balaban J connectivity index is 2.07. The van der Waals surface area contributed by atoms with E-state index in [4.69, 9.17) is 4.18 Å². The quantitative estimate of drug-likeness (QED) is 0.816. The predicted octanol–water partition coefficient (Wildman–Crippen LogP) is 2.29. The van der Waals surface area contributed by atoms with Crippen LogP contribution in [0.3, 0.4) is 0 Å². The van der Waals surface area contributed by atoms with Crippen molar-refractivity contribution in [2.75, 3.05) is 18.2 Å². The van der Waals surface area contributed by atoms with Gasteiger partial charge in [-0.05, 0) is 18.1 Å². The van der Waals surface area contributed by atoms with Crippen LogP contribution in [0.15, 0.2) is 29.6 Å². The van der Waals surface area contributed by atoms with Gasteiger partial charge in [-0.25, -0.2) is 4.98 Å². The highest BCUT2D eigenvalue weighted by atomic mass is 32.2. The molecule has 0 saturated carbocycles. The summed E-state index contributed by atoms with van der Waals surface area (Å²) in [5, 5.41) is 5.05. The number of thiazole rings is 1. The van der Waals surface area contributed by atoms with Crippen LogP contribution < -0.4 is 5.32 Å². The Hall–Kier alpha value is -1.77. The van der Waals surface area contributed by atoms with E-state index in [-0.39, 0.29) is 12.5 Å². The summed E-state index contributed by atoms with van der Waals surface area (Å²) in [5.74, 6) is -0.160. The Morgan fingerprint density at radius 3 is 2.86 bits per heavy atom. The number of rotatable bonds is 6. The molecule has 22 heavy (non-hydrogen) atoms. The molecule has 0 aliphatic heterocycles. The van der Waals surface area contributed by atoms with Gasteiger partial charge in [0.15, 0.2) is 5.13 Å². The van der Waals surface area contributed by atoms with Crippen LogP contribution in [0.25, 0.3) is 11.3 Å². The van der Waals surface area contributed by atoms with Gasteiger partial charge in [0.05, 0.1) is 18.6 Å². The number of nitrogens with one attached hydrogen (secondary N) is 1.